The second-order valence-corrected chi connectivity index (χ2v) is 8.15. The van der Waals surface area contributed by atoms with Gasteiger partial charge in [0, 0.05) is 31.6 Å². The molecule has 148 valence electrons. The standard InChI is InChI=1S/C21H32N4O2/c1-15-5-6-19(23-13-15)24-21(27)17-7-10-25(11-8-17)20(26)12-16(2)18-4-3-9-22-14-18/h5-6,13,16-18,22H,3-4,7-12,14H2,1-2H3,(H,23,24,27). The summed E-state index contributed by atoms with van der Waals surface area (Å²) < 4.78 is 0. The lowest BCUT2D eigenvalue weighted by molar-refractivity contribution is -0.135. The number of carbonyl (C=O) groups excluding carboxylic acids is 2. The summed E-state index contributed by atoms with van der Waals surface area (Å²) in [7, 11) is 0. The van der Waals surface area contributed by atoms with Crippen molar-refractivity contribution in [3.63, 3.8) is 0 Å². The molecule has 2 unspecified atom stereocenters. The zero-order valence-electron chi connectivity index (χ0n) is 16.5. The Morgan fingerprint density at radius 3 is 2.70 bits per heavy atom. The quantitative estimate of drug-likeness (QED) is 0.833. The highest BCUT2D eigenvalue weighted by Gasteiger charge is 2.29. The van der Waals surface area contributed by atoms with Gasteiger partial charge in [0.25, 0.3) is 0 Å². The van der Waals surface area contributed by atoms with Crippen molar-refractivity contribution in [3.05, 3.63) is 23.9 Å². The number of rotatable bonds is 5. The molecule has 0 radical (unpaired) electrons. The second-order valence-electron chi connectivity index (χ2n) is 8.15. The van der Waals surface area contributed by atoms with Crippen LogP contribution >= 0.6 is 0 Å². The number of aryl methyl sites for hydroxylation is 1. The third-order valence-corrected chi connectivity index (χ3v) is 6.02. The summed E-state index contributed by atoms with van der Waals surface area (Å²) >= 11 is 0. The monoisotopic (exact) mass is 372 g/mol. The molecule has 0 bridgehead atoms. The Hall–Kier alpha value is -1.95. The molecule has 3 rings (SSSR count). The molecule has 2 aliphatic rings. The number of hydrogen-bond donors (Lipinski definition) is 2. The summed E-state index contributed by atoms with van der Waals surface area (Å²) in [5, 5.41) is 6.33. The Morgan fingerprint density at radius 2 is 2.07 bits per heavy atom. The van der Waals surface area contributed by atoms with Gasteiger partial charge in [0.15, 0.2) is 0 Å². The molecule has 6 heteroatoms. The lowest BCUT2D eigenvalue weighted by Crippen LogP contribution is -2.43. The summed E-state index contributed by atoms with van der Waals surface area (Å²) in [5.41, 5.74) is 1.07. The Labute approximate surface area is 162 Å². The van der Waals surface area contributed by atoms with Crippen LogP contribution in [0, 0.1) is 24.7 Å². The number of pyridine rings is 1. The van der Waals surface area contributed by atoms with Gasteiger partial charge in [-0.2, -0.15) is 0 Å². The predicted octanol–water partition coefficient (Wildman–Crippen LogP) is 2.59. The highest BCUT2D eigenvalue weighted by atomic mass is 16.2. The average Bonchev–Trinajstić information content (AvgIpc) is 2.70. The first kappa shape index (κ1) is 19.8. The van der Waals surface area contributed by atoms with E-state index in [9.17, 15) is 9.59 Å². The van der Waals surface area contributed by atoms with Crippen LogP contribution in [0.5, 0.6) is 0 Å². The summed E-state index contributed by atoms with van der Waals surface area (Å²) in [4.78, 5) is 31.3. The maximum absolute atomic E-state index is 12.6. The molecular formula is C21H32N4O2. The molecule has 2 aliphatic heterocycles. The van der Waals surface area contributed by atoms with Crippen LogP contribution in [0.4, 0.5) is 5.82 Å². The van der Waals surface area contributed by atoms with Gasteiger partial charge in [-0.3, -0.25) is 9.59 Å². The van der Waals surface area contributed by atoms with E-state index in [0.717, 1.165) is 31.5 Å². The molecule has 2 saturated heterocycles. The highest BCUT2D eigenvalue weighted by Crippen LogP contribution is 2.25. The predicted molar refractivity (Wildman–Crippen MR) is 106 cm³/mol. The van der Waals surface area contributed by atoms with Crippen molar-refractivity contribution < 1.29 is 9.59 Å². The number of likely N-dealkylation sites (tertiary alicyclic amines) is 1. The molecule has 6 nitrogen and oxygen atoms in total. The van der Waals surface area contributed by atoms with Gasteiger partial charge in [0.1, 0.15) is 5.82 Å². The fourth-order valence-corrected chi connectivity index (χ4v) is 4.10. The first-order valence-corrected chi connectivity index (χ1v) is 10.2. The van der Waals surface area contributed by atoms with E-state index >= 15 is 0 Å². The van der Waals surface area contributed by atoms with E-state index < -0.39 is 0 Å². The zero-order valence-corrected chi connectivity index (χ0v) is 16.5. The summed E-state index contributed by atoms with van der Waals surface area (Å²) in [6.07, 6.45) is 6.25. The van der Waals surface area contributed by atoms with E-state index in [2.05, 4.69) is 22.5 Å². The number of hydrogen-bond acceptors (Lipinski definition) is 4. The number of anilines is 1. The second kappa shape index (κ2) is 9.31. The van der Waals surface area contributed by atoms with Crippen molar-refractivity contribution >= 4 is 17.6 Å². The Bertz CT molecular complexity index is 632. The molecular weight excluding hydrogens is 340 g/mol. The van der Waals surface area contributed by atoms with Gasteiger partial charge < -0.3 is 15.5 Å². The molecule has 1 aromatic heterocycles. The fourth-order valence-electron chi connectivity index (χ4n) is 4.10. The van der Waals surface area contributed by atoms with Crippen LogP contribution in [-0.2, 0) is 9.59 Å². The van der Waals surface area contributed by atoms with Gasteiger partial charge in [-0.1, -0.05) is 13.0 Å². The fraction of sp³-hybridized carbons (Fsp3) is 0.667. The molecule has 0 aliphatic carbocycles. The third kappa shape index (κ3) is 5.51. The minimum absolute atomic E-state index is 0.0140. The Kier molecular flexibility index (Phi) is 6.83. The molecule has 3 heterocycles. The van der Waals surface area contributed by atoms with Crippen LogP contribution in [0.15, 0.2) is 18.3 Å². The van der Waals surface area contributed by atoms with Crippen LogP contribution in [0.2, 0.25) is 0 Å². The molecule has 0 aromatic carbocycles. The minimum atomic E-state index is -0.0443. The number of piperidine rings is 2. The largest absolute Gasteiger partial charge is 0.343 e. The SMILES string of the molecule is Cc1ccc(NC(=O)C2CCN(C(=O)CC(C)C3CCCNC3)CC2)nc1. The Morgan fingerprint density at radius 1 is 1.30 bits per heavy atom. The van der Waals surface area contributed by atoms with Crippen LogP contribution in [-0.4, -0.2) is 47.9 Å². The smallest absolute Gasteiger partial charge is 0.228 e. The van der Waals surface area contributed by atoms with Gasteiger partial charge in [-0.15, -0.1) is 0 Å². The van der Waals surface area contributed by atoms with E-state index in [4.69, 9.17) is 0 Å². The number of nitrogens with zero attached hydrogens (tertiary/aromatic N) is 2. The van der Waals surface area contributed by atoms with E-state index in [-0.39, 0.29) is 17.7 Å². The topological polar surface area (TPSA) is 74.3 Å². The van der Waals surface area contributed by atoms with E-state index in [1.807, 2.05) is 24.0 Å². The van der Waals surface area contributed by atoms with Crippen LogP contribution < -0.4 is 10.6 Å². The van der Waals surface area contributed by atoms with Gasteiger partial charge in [-0.25, -0.2) is 4.98 Å². The Balaban J connectivity index is 1.42. The van der Waals surface area contributed by atoms with E-state index in [0.29, 0.717) is 37.2 Å². The molecule has 2 fully saturated rings. The molecule has 0 spiro atoms. The number of amides is 2. The van der Waals surface area contributed by atoms with Crippen molar-refractivity contribution in [2.45, 2.75) is 46.0 Å². The maximum atomic E-state index is 12.6. The van der Waals surface area contributed by atoms with Crippen molar-refractivity contribution in [3.8, 4) is 0 Å². The minimum Gasteiger partial charge on any atom is -0.343 e. The number of carbonyl (C=O) groups is 2. The lowest BCUT2D eigenvalue weighted by Gasteiger charge is -2.33. The van der Waals surface area contributed by atoms with E-state index in [1.165, 1.54) is 12.8 Å². The van der Waals surface area contributed by atoms with Crippen molar-refractivity contribution in [1.29, 1.82) is 0 Å². The van der Waals surface area contributed by atoms with Crippen molar-refractivity contribution in [2.24, 2.45) is 17.8 Å². The average molecular weight is 373 g/mol. The van der Waals surface area contributed by atoms with E-state index in [1.54, 1.807) is 6.20 Å². The number of nitrogens with one attached hydrogen (secondary N) is 2. The first-order chi connectivity index (χ1) is 13.0. The first-order valence-electron chi connectivity index (χ1n) is 10.2. The zero-order chi connectivity index (χ0) is 19.2. The van der Waals surface area contributed by atoms with Crippen molar-refractivity contribution in [2.75, 3.05) is 31.5 Å². The third-order valence-electron chi connectivity index (χ3n) is 6.02. The molecule has 27 heavy (non-hydrogen) atoms. The van der Waals surface area contributed by atoms with Crippen LogP contribution in [0.1, 0.15) is 44.6 Å². The van der Waals surface area contributed by atoms with Crippen LogP contribution in [0.3, 0.4) is 0 Å². The maximum Gasteiger partial charge on any atom is 0.228 e. The molecule has 2 N–H and O–H groups in total. The van der Waals surface area contributed by atoms with Gasteiger partial charge in [0.05, 0.1) is 0 Å². The molecule has 0 saturated carbocycles. The van der Waals surface area contributed by atoms with Crippen molar-refractivity contribution in [1.82, 2.24) is 15.2 Å². The summed E-state index contributed by atoms with van der Waals surface area (Å²) in [6, 6.07) is 3.76. The van der Waals surface area contributed by atoms with Gasteiger partial charge >= 0.3 is 0 Å². The number of aromatic nitrogens is 1. The van der Waals surface area contributed by atoms with Crippen LogP contribution in [0.25, 0.3) is 0 Å². The highest BCUT2D eigenvalue weighted by molar-refractivity contribution is 5.91. The van der Waals surface area contributed by atoms with Gasteiger partial charge in [0.2, 0.25) is 11.8 Å². The normalized spacial score (nSPS) is 22.3. The van der Waals surface area contributed by atoms with Gasteiger partial charge in [-0.05, 0) is 69.2 Å². The summed E-state index contributed by atoms with van der Waals surface area (Å²) in [5.74, 6) is 1.83. The molecule has 1 aromatic rings. The lowest BCUT2D eigenvalue weighted by atomic mass is 9.85. The summed E-state index contributed by atoms with van der Waals surface area (Å²) in [6.45, 7) is 7.65. The molecule has 2 amide bonds. The molecule has 2 atom stereocenters.